The molecule has 2 aliphatic heterocycles. The molecule has 0 spiro atoms. The van der Waals surface area contributed by atoms with Gasteiger partial charge in [-0.15, -0.1) is 0 Å². The van der Waals surface area contributed by atoms with E-state index < -0.39 is 6.23 Å². The zero-order chi connectivity index (χ0) is 20.8. The number of nitrogens with zero attached hydrogens (tertiary/aromatic N) is 2. The van der Waals surface area contributed by atoms with Crippen LogP contribution in [0.2, 0.25) is 10.0 Å². The van der Waals surface area contributed by atoms with Crippen molar-refractivity contribution >= 4 is 44.8 Å². The van der Waals surface area contributed by atoms with E-state index in [0.29, 0.717) is 15.8 Å². The molecule has 0 amide bonds. The van der Waals surface area contributed by atoms with E-state index in [1.807, 2.05) is 59.6 Å². The van der Waals surface area contributed by atoms with Crippen LogP contribution in [0.4, 0.5) is 0 Å². The summed E-state index contributed by atoms with van der Waals surface area (Å²) in [4.78, 5) is 0. The number of rotatable bonds is 3. The van der Waals surface area contributed by atoms with Gasteiger partial charge in [0, 0.05) is 27.0 Å². The Kier molecular flexibility index (Phi) is 5.13. The molecule has 3 aromatic carbocycles. The van der Waals surface area contributed by atoms with Crippen LogP contribution in [0.25, 0.3) is 0 Å². The number of benzene rings is 3. The van der Waals surface area contributed by atoms with Gasteiger partial charge in [-0.3, -0.25) is 0 Å². The molecule has 5 rings (SSSR count). The number of hydrogen-bond donors (Lipinski definition) is 0. The van der Waals surface area contributed by atoms with Crippen molar-refractivity contribution in [2.24, 2.45) is 5.10 Å². The maximum absolute atomic E-state index is 6.53. The first kappa shape index (κ1) is 19.7. The van der Waals surface area contributed by atoms with E-state index in [1.54, 1.807) is 13.2 Å². The molecule has 2 heterocycles. The highest BCUT2D eigenvalue weighted by molar-refractivity contribution is 9.10. The van der Waals surface area contributed by atoms with Crippen molar-refractivity contribution in [3.63, 3.8) is 0 Å². The summed E-state index contributed by atoms with van der Waals surface area (Å²) < 4.78 is 12.6. The maximum Gasteiger partial charge on any atom is 0.215 e. The summed E-state index contributed by atoms with van der Waals surface area (Å²) in [5.41, 5.74) is 3.96. The van der Waals surface area contributed by atoms with E-state index in [2.05, 4.69) is 15.9 Å². The summed E-state index contributed by atoms with van der Waals surface area (Å²) in [6.07, 6.45) is 0.313. The second kappa shape index (κ2) is 7.80. The quantitative estimate of drug-likeness (QED) is 0.385. The topological polar surface area (TPSA) is 34.1 Å². The van der Waals surface area contributed by atoms with Gasteiger partial charge in [0.05, 0.1) is 23.9 Å². The number of hydrazone groups is 1. The first-order valence-corrected chi connectivity index (χ1v) is 11.0. The SMILES string of the molecule is COc1ccc(C2=NN3C(C2)c2cc(Cl)cc(Cl)c2OC3c2ccccc2Br)cc1. The number of hydrogen-bond acceptors (Lipinski definition) is 4. The predicted octanol–water partition coefficient (Wildman–Crippen LogP) is 7.01. The van der Waals surface area contributed by atoms with Gasteiger partial charge in [0.15, 0.2) is 0 Å². The van der Waals surface area contributed by atoms with E-state index in [0.717, 1.165) is 39.0 Å². The molecule has 0 aromatic heterocycles. The second-order valence-corrected chi connectivity index (χ2v) is 8.87. The van der Waals surface area contributed by atoms with Crippen LogP contribution in [-0.2, 0) is 0 Å². The van der Waals surface area contributed by atoms with Crippen molar-refractivity contribution in [1.29, 1.82) is 0 Å². The molecule has 0 saturated heterocycles. The molecule has 2 aliphatic rings. The van der Waals surface area contributed by atoms with Crippen LogP contribution >= 0.6 is 39.1 Å². The maximum atomic E-state index is 6.53. The molecule has 3 aromatic rings. The zero-order valence-corrected chi connectivity index (χ0v) is 19.1. The average Bonchev–Trinajstić information content (AvgIpc) is 3.20. The van der Waals surface area contributed by atoms with Gasteiger partial charge in [-0.05, 0) is 48.0 Å². The van der Waals surface area contributed by atoms with Gasteiger partial charge in [-0.2, -0.15) is 5.10 Å². The Hall–Kier alpha value is -2.21. The molecule has 2 atom stereocenters. The minimum Gasteiger partial charge on any atom is -0.497 e. The van der Waals surface area contributed by atoms with Crippen LogP contribution in [-0.4, -0.2) is 17.8 Å². The van der Waals surface area contributed by atoms with Crippen molar-refractivity contribution in [2.45, 2.75) is 18.7 Å². The largest absolute Gasteiger partial charge is 0.497 e. The summed E-state index contributed by atoms with van der Waals surface area (Å²) in [7, 11) is 1.66. The van der Waals surface area contributed by atoms with Gasteiger partial charge in [0.25, 0.3) is 0 Å². The molecule has 0 saturated carbocycles. The summed E-state index contributed by atoms with van der Waals surface area (Å²) >= 11 is 16.5. The third kappa shape index (κ3) is 3.35. The Labute approximate surface area is 193 Å². The third-order valence-corrected chi connectivity index (χ3v) is 6.62. The Morgan fingerprint density at radius 1 is 1.07 bits per heavy atom. The van der Waals surface area contributed by atoms with Crippen LogP contribution in [0.5, 0.6) is 11.5 Å². The molecule has 0 aliphatic carbocycles. The van der Waals surface area contributed by atoms with Gasteiger partial charge in [-0.25, -0.2) is 5.01 Å². The normalized spacial score (nSPS) is 19.6. The highest BCUT2D eigenvalue weighted by Crippen LogP contribution is 2.51. The number of methoxy groups -OCH3 is 1. The van der Waals surface area contributed by atoms with Gasteiger partial charge >= 0.3 is 0 Å². The highest BCUT2D eigenvalue weighted by Gasteiger charge is 2.42. The standard InChI is InChI=1S/C23H17BrCl2N2O2/c1-29-15-8-6-13(7-9-15)20-12-21-17-10-14(25)11-19(26)22(17)30-23(28(21)27-20)16-4-2-3-5-18(16)24/h2-11,21,23H,12H2,1H3. The fraction of sp³-hybridized carbons (Fsp3) is 0.174. The number of halogens is 3. The summed E-state index contributed by atoms with van der Waals surface area (Å²) in [6, 6.07) is 19.5. The van der Waals surface area contributed by atoms with Crippen LogP contribution in [0, 0.1) is 0 Å². The molecule has 2 unspecified atom stereocenters. The Morgan fingerprint density at radius 3 is 2.57 bits per heavy atom. The van der Waals surface area contributed by atoms with Crippen molar-refractivity contribution in [2.75, 3.05) is 7.11 Å². The molecular weight excluding hydrogens is 487 g/mol. The average molecular weight is 504 g/mol. The Balaban J connectivity index is 1.62. The lowest BCUT2D eigenvalue weighted by atomic mass is 9.96. The summed E-state index contributed by atoms with van der Waals surface area (Å²) in [6.45, 7) is 0. The Bertz CT molecular complexity index is 1150. The lowest BCUT2D eigenvalue weighted by Gasteiger charge is -2.39. The third-order valence-electron chi connectivity index (χ3n) is 5.40. The molecule has 4 nitrogen and oxygen atoms in total. The smallest absolute Gasteiger partial charge is 0.215 e. The summed E-state index contributed by atoms with van der Waals surface area (Å²) in [5, 5.41) is 8.07. The van der Waals surface area contributed by atoms with Crippen LogP contribution in [0.15, 0.2) is 70.2 Å². The van der Waals surface area contributed by atoms with Crippen LogP contribution < -0.4 is 9.47 Å². The molecule has 0 N–H and O–H groups in total. The number of fused-ring (bicyclic) bond motifs is 3. The van der Waals surface area contributed by atoms with Crippen LogP contribution in [0.3, 0.4) is 0 Å². The van der Waals surface area contributed by atoms with E-state index in [9.17, 15) is 0 Å². The fourth-order valence-corrected chi connectivity index (χ4v) is 4.99. The van der Waals surface area contributed by atoms with E-state index >= 15 is 0 Å². The second-order valence-electron chi connectivity index (χ2n) is 7.17. The van der Waals surface area contributed by atoms with Gasteiger partial charge in [0.1, 0.15) is 11.5 Å². The molecule has 0 bridgehead atoms. The highest BCUT2D eigenvalue weighted by atomic mass is 79.9. The first-order chi connectivity index (χ1) is 14.5. The van der Waals surface area contributed by atoms with Gasteiger partial charge in [-0.1, -0.05) is 57.3 Å². The Morgan fingerprint density at radius 2 is 1.83 bits per heavy atom. The first-order valence-electron chi connectivity index (χ1n) is 9.45. The molecule has 152 valence electrons. The summed E-state index contributed by atoms with van der Waals surface area (Å²) in [5.74, 6) is 1.47. The fourth-order valence-electron chi connectivity index (χ4n) is 3.95. The minimum atomic E-state index is -0.410. The monoisotopic (exact) mass is 502 g/mol. The van der Waals surface area contributed by atoms with Crippen molar-refractivity contribution < 1.29 is 9.47 Å². The molecule has 0 radical (unpaired) electrons. The van der Waals surface area contributed by atoms with E-state index in [-0.39, 0.29) is 6.04 Å². The van der Waals surface area contributed by atoms with E-state index in [4.69, 9.17) is 37.8 Å². The zero-order valence-electron chi connectivity index (χ0n) is 16.0. The lowest BCUT2D eigenvalue weighted by Crippen LogP contribution is -2.34. The lowest BCUT2D eigenvalue weighted by molar-refractivity contribution is -0.0194. The molecule has 30 heavy (non-hydrogen) atoms. The molecule has 0 fully saturated rings. The van der Waals surface area contributed by atoms with Crippen molar-refractivity contribution in [3.05, 3.63) is 91.9 Å². The van der Waals surface area contributed by atoms with E-state index in [1.165, 1.54) is 0 Å². The van der Waals surface area contributed by atoms with Crippen molar-refractivity contribution in [1.82, 2.24) is 5.01 Å². The number of ether oxygens (including phenoxy) is 2. The van der Waals surface area contributed by atoms with Gasteiger partial charge < -0.3 is 9.47 Å². The van der Waals surface area contributed by atoms with Gasteiger partial charge in [0.2, 0.25) is 6.23 Å². The molecular formula is C23H17BrCl2N2O2. The predicted molar refractivity (Wildman–Crippen MR) is 123 cm³/mol. The minimum absolute atomic E-state index is 0.0286. The van der Waals surface area contributed by atoms with Crippen LogP contribution in [0.1, 0.15) is 35.4 Å². The molecule has 7 heteroatoms. The van der Waals surface area contributed by atoms with Crippen molar-refractivity contribution in [3.8, 4) is 11.5 Å².